The van der Waals surface area contributed by atoms with Crippen molar-refractivity contribution in [2.75, 3.05) is 26.7 Å². The number of ether oxygens (including phenoxy) is 1. The van der Waals surface area contributed by atoms with Gasteiger partial charge in [-0.25, -0.2) is 4.79 Å². The van der Waals surface area contributed by atoms with Gasteiger partial charge in [0.25, 0.3) is 0 Å². The van der Waals surface area contributed by atoms with Crippen LogP contribution in [0, 0.1) is 0 Å². The van der Waals surface area contributed by atoms with Crippen molar-refractivity contribution in [3.05, 3.63) is 23.7 Å². The molecule has 0 aromatic carbocycles. The first-order valence-corrected chi connectivity index (χ1v) is 5.31. The van der Waals surface area contributed by atoms with Crippen molar-refractivity contribution in [1.82, 2.24) is 4.90 Å². The third-order valence-electron chi connectivity index (χ3n) is 2.17. The van der Waals surface area contributed by atoms with Gasteiger partial charge in [0.2, 0.25) is 0 Å². The summed E-state index contributed by atoms with van der Waals surface area (Å²) in [7, 11) is 1.92. The van der Waals surface area contributed by atoms with Crippen LogP contribution in [0.25, 0.3) is 0 Å². The van der Waals surface area contributed by atoms with E-state index in [0.29, 0.717) is 31.0 Å². The van der Waals surface area contributed by atoms with E-state index in [0.717, 1.165) is 6.54 Å². The molecule has 16 heavy (non-hydrogen) atoms. The average Bonchev–Trinajstić information content (AvgIpc) is 2.66. The zero-order chi connectivity index (χ0) is 12.0. The molecule has 1 aromatic rings. The Labute approximate surface area is 95.2 Å². The number of carbonyl (C=O) groups excluding carboxylic acids is 1. The van der Waals surface area contributed by atoms with Crippen molar-refractivity contribution in [2.24, 2.45) is 5.73 Å². The number of rotatable bonds is 6. The molecule has 0 atom stereocenters. The first kappa shape index (κ1) is 12.7. The monoisotopic (exact) mass is 226 g/mol. The van der Waals surface area contributed by atoms with Gasteiger partial charge < -0.3 is 14.9 Å². The van der Waals surface area contributed by atoms with Gasteiger partial charge in [0, 0.05) is 13.1 Å². The normalized spacial score (nSPS) is 10.8. The number of esters is 1. The Morgan fingerprint density at radius 1 is 1.62 bits per heavy atom. The van der Waals surface area contributed by atoms with Gasteiger partial charge in [-0.1, -0.05) is 0 Å². The van der Waals surface area contributed by atoms with Crippen LogP contribution in [0.2, 0.25) is 0 Å². The lowest BCUT2D eigenvalue weighted by Crippen LogP contribution is -2.25. The highest BCUT2D eigenvalue weighted by atomic mass is 16.5. The topological polar surface area (TPSA) is 68.7 Å². The van der Waals surface area contributed by atoms with E-state index in [-0.39, 0.29) is 5.97 Å². The number of furan rings is 1. The highest BCUT2D eigenvalue weighted by Crippen LogP contribution is 2.13. The van der Waals surface area contributed by atoms with Crippen molar-refractivity contribution in [3.63, 3.8) is 0 Å². The van der Waals surface area contributed by atoms with Gasteiger partial charge in [0.15, 0.2) is 0 Å². The maximum absolute atomic E-state index is 11.5. The summed E-state index contributed by atoms with van der Waals surface area (Å²) in [5.74, 6) is 0.279. The lowest BCUT2D eigenvalue weighted by molar-refractivity contribution is 0.0522. The third kappa shape index (κ3) is 3.36. The van der Waals surface area contributed by atoms with Crippen LogP contribution in [0.4, 0.5) is 0 Å². The van der Waals surface area contributed by atoms with E-state index in [9.17, 15) is 4.79 Å². The van der Waals surface area contributed by atoms with E-state index in [1.165, 1.54) is 6.26 Å². The number of hydrogen-bond donors (Lipinski definition) is 1. The summed E-state index contributed by atoms with van der Waals surface area (Å²) in [6, 6.07) is 1.63. The zero-order valence-corrected chi connectivity index (χ0v) is 9.73. The van der Waals surface area contributed by atoms with E-state index in [1.807, 2.05) is 11.9 Å². The Bertz CT molecular complexity index is 336. The van der Waals surface area contributed by atoms with Crippen LogP contribution in [-0.4, -0.2) is 37.6 Å². The molecule has 1 heterocycles. The smallest absolute Gasteiger partial charge is 0.341 e. The molecule has 0 unspecified atom stereocenters. The van der Waals surface area contributed by atoms with E-state index < -0.39 is 0 Å². The van der Waals surface area contributed by atoms with Gasteiger partial charge in [-0.2, -0.15) is 0 Å². The van der Waals surface area contributed by atoms with Gasteiger partial charge in [0.1, 0.15) is 11.3 Å². The molecule has 0 bridgehead atoms. The van der Waals surface area contributed by atoms with Crippen molar-refractivity contribution in [1.29, 1.82) is 0 Å². The Morgan fingerprint density at radius 2 is 2.38 bits per heavy atom. The summed E-state index contributed by atoms with van der Waals surface area (Å²) >= 11 is 0. The molecule has 0 aliphatic heterocycles. The van der Waals surface area contributed by atoms with E-state index >= 15 is 0 Å². The highest BCUT2D eigenvalue weighted by Gasteiger charge is 2.16. The van der Waals surface area contributed by atoms with E-state index in [2.05, 4.69) is 0 Å². The molecule has 0 saturated carbocycles. The van der Waals surface area contributed by atoms with Crippen LogP contribution in [0.5, 0.6) is 0 Å². The summed E-state index contributed by atoms with van der Waals surface area (Å²) in [4.78, 5) is 13.5. The summed E-state index contributed by atoms with van der Waals surface area (Å²) in [5.41, 5.74) is 5.93. The minimum absolute atomic E-state index is 0.340. The molecular formula is C11H18N2O3. The van der Waals surface area contributed by atoms with E-state index in [1.54, 1.807) is 13.0 Å². The fraction of sp³-hybridized carbons (Fsp3) is 0.545. The van der Waals surface area contributed by atoms with Gasteiger partial charge in [-0.15, -0.1) is 0 Å². The van der Waals surface area contributed by atoms with Crippen LogP contribution in [0.3, 0.4) is 0 Å². The predicted octanol–water partition coefficient (Wildman–Crippen LogP) is 0.847. The predicted molar refractivity (Wildman–Crippen MR) is 60.1 cm³/mol. The van der Waals surface area contributed by atoms with Crippen molar-refractivity contribution in [3.8, 4) is 0 Å². The minimum Gasteiger partial charge on any atom is -0.467 e. The quantitative estimate of drug-likeness (QED) is 0.728. The second kappa shape index (κ2) is 6.30. The summed E-state index contributed by atoms with van der Waals surface area (Å²) in [6.45, 7) is 4.02. The van der Waals surface area contributed by atoms with Gasteiger partial charge >= 0.3 is 5.97 Å². The molecule has 2 N–H and O–H groups in total. The molecule has 0 amide bonds. The Morgan fingerprint density at radius 3 is 3.00 bits per heavy atom. The molecule has 0 aliphatic carbocycles. The highest BCUT2D eigenvalue weighted by molar-refractivity contribution is 5.90. The average molecular weight is 226 g/mol. The molecule has 5 nitrogen and oxygen atoms in total. The van der Waals surface area contributed by atoms with Crippen molar-refractivity contribution in [2.45, 2.75) is 13.5 Å². The lowest BCUT2D eigenvalue weighted by Gasteiger charge is -2.14. The largest absolute Gasteiger partial charge is 0.467 e. The van der Waals surface area contributed by atoms with Crippen molar-refractivity contribution >= 4 is 5.97 Å². The maximum Gasteiger partial charge on any atom is 0.341 e. The number of hydrogen-bond acceptors (Lipinski definition) is 5. The minimum atomic E-state index is -0.340. The van der Waals surface area contributed by atoms with Crippen LogP contribution in [-0.2, 0) is 11.3 Å². The zero-order valence-electron chi connectivity index (χ0n) is 9.73. The number of nitrogens with two attached hydrogens (primary N) is 1. The fourth-order valence-corrected chi connectivity index (χ4v) is 1.40. The van der Waals surface area contributed by atoms with E-state index in [4.69, 9.17) is 14.9 Å². The van der Waals surface area contributed by atoms with Gasteiger partial charge in [-0.05, 0) is 20.0 Å². The lowest BCUT2D eigenvalue weighted by atomic mass is 10.2. The molecule has 90 valence electrons. The first-order chi connectivity index (χ1) is 7.69. The molecule has 0 radical (unpaired) electrons. The maximum atomic E-state index is 11.5. The molecule has 0 fully saturated rings. The molecular weight excluding hydrogens is 208 g/mol. The third-order valence-corrected chi connectivity index (χ3v) is 2.17. The first-order valence-electron chi connectivity index (χ1n) is 5.31. The summed E-state index contributed by atoms with van der Waals surface area (Å²) in [6.07, 6.45) is 1.50. The Hall–Kier alpha value is -1.33. The standard InChI is InChI=1S/C11H18N2O3/c1-3-15-11(14)9-4-7-16-10(9)8-13(2)6-5-12/h4,7H,3,5-6,8,12H2,1-2H3. The van der Waals surface area contributed by atoms with Gasteiger partial charge in [0.05, 0.1) is 19.4 Å². The summed E-state index contributed by atoms with van der Waals surface area (Å²) < 4.78 is 10.2. The molecule has 5 heteroatoms. The second-order valence-corrected chi connectivity index (χ2v) is 3.50. The molecule has 0 aliphatic rings. The number of carbonyl (C=O) groups is 1. The van der Waals surface area contributed by atoms with Crippen LogP contribution < -0.4 is 5.73 Å². The van der Waals surface area contributed by atoms with Crippen LogP contribution in [0.15, 0.2) is 16.7 Å². The summed E-state index contributed by atoms with van der Waals surface area (Å²) in [5, 5.41) is 0. The van der Waals surface area contributed by atoms with Crippen LogP contribution >= 0.6 is 0 Å². The second-order valence-electron chi connectivity index (χ2n) is 3.50. The number of likely N-dealkylation sites (N-methyl/N-ethyl adjacent to an activating group) is 1. The molecule has 1 rings (SSSR count). The number of nitrogens with zero attached hydrogens (tertiary/aromatic N) is 1. The fourth-order valence-electron chi connectivity index (χ4n) is 1.40. The van der Waals surface area contributed by atoms with Crippen molar-refractivity contribution < 1.29 is 13.9 Å². The SMILES string of the molecule is CCOC(=O)c1ccoc1CN(C)CCN. The van der Waals surface area contributed by atoms with Gasteiger partial charge in [-0.3, -0.25) is 4.90 Å². The molecule has 0 saturated heterocycles. The Balaban J connectivity index is 2.66. The molecule has 1 aromatic heterocycles. The molecule has 0 spiro atoms. The Kier molecular flexibility index (Phi) is 5.01. The van der Waals surface area contributed by atoms with Crippen LogP contribution in [0.1, 0.15) is 23.0 Å².